The summed E-state index contributed by atoms with van der Waals surface area (Å²) in [7, 11) is 0. The maximum Gasteiger partial charge on any atom is 0.246 e. The van der Waals surface area contributed by atoms with Gasteiger partial charge in [0.25, 0.3) is 0 Å². The molecule has 8 heteroatoms. The molecular formula is C29H37N3O5. The summed E-state index contributed by atoms with van der Waals surface area (Å²) < 4.78 is 12.3. The van der Waals surface area contributed by atoms with Crippen LogP contribution in [0.15, 0.2) is 30.4 Å². The number of hydrogen-bond acceptors (Lipinski definition) is 5. The molecule has 0 aromatic heterocycles. The van der Waals surface area contributed by atoms with Crippen LogP contribution in [0.25, 0.3) is 0 Å². The van der Waals surface area contributed by atoms with Crippen LogP contribution in [0.1, 0.15) is 56.1 Å². The van der Waals surface area contributed by atoms with Gasteiger partial charge in [-0.3, -0.25) is 14.4 Å². The van der Waals surface area contributed by atoms with Crippen LogP contribution >= 0.6 is 0 Å². The first kappa shape index (κ1) is 24.6. The molecule has 1 spiro atoms. The van der Waals surface area contributed by atoms with Gasteiger partial charge >= 0.3 is 0 Å². The molecule has 2 N–H and O–H groups in total. The number of hydrogen-bond donors (Lipinski definition) is 2. The van der Waals surface area contributed by atoms with Gasteiger partial charge in [-0.2, -0.15) is 0 Å². The maximum absolute atomic E-state index is 14.0. The number of aryl methyl sites for hydroxylation is 2. The Kier molecular flexibility index (Phi) is 6.35. The Hall–Kier alpha value is -2.71. The molecule has 37 heavy (non-hydrogen) atoms. The number of amides is 3. The summed E-state index contributed by atoms with van der Waals surface area (Å²) in [4.78, 5) is 43.1. The summed E-state index contributed by atoms with van der Waals surface area (Å²) in [6.45, 7) is 5.03. The second-order valence-corrected chi connectivity index (χ2v) is 11.5. The van der Waals surface area contributed by atoms with Gasteiger partial charge in [-0.25, -0.2) is 0 Å². The fraction of sp³-hybridized carbons (Fsp3) is 0.621. The highest BCUT2D eigenvalue weighted by molar-refractivity contribution is 6.02. The van der Waals surface area contributed by atoms with E-state index < -0.39 is 29.6 Å². The fourth-order valence-electron chi connectivity index (χ4n) is 7.04. The zero-order valence-corrected chi connectivity index (χ0v) is 21.7. The monoisotopic (exact) mass is 507 g/mol. The molecule has 0 unspecified atom stereocenters. The highest BCUT2D eigenvalue weighted by atomic mass is 16.5. The zero-order valence-electron chi connectivity index (χ0n) is 21.7. The fourth-order valence-corrected chi connectivity index (χ4v) is 7.04. The second kappa shape index (κ2) is 9.55. The Morgan fingerprint density at radius 1 is 1.05 bits per heavy atom. The average Bonchev–Trinajstić information content (AvgIpc) is 3.65. The van der Waals surface area contributed by atoms with E-state index in [9.17, 15) is 14.4 Å². The first-order valence-corrected chi connectivity index (χ1v) is 13.8. The normalized spacial score (nSPS) is 34.7. The van der Waals surface area contributed by atoms with E-state index in [0.717, 1.165) is 49.7 Å². The highest BCUT2D eigenvalue weighted by Gasteiger charge is 2.73. The van der Waals surface area contributed by atoms with E-state index in [4.69, 9.17) is 9.47 Å². The first-order chi connectivity index (χ1) is 17.9. The first-order valence-electron chi connectivity index (χ1n) is 13.8. The van der Waals surface area contributed by atoms with Crippen molar-refractivity contribution in [1.82, 2.24) is 10.2 Å². The topological polar surface area (TPSA) is 97.0 Å². The van der Waals surface area contributed by atoms with Crippen LogP contribution in [0.2, 0.25) is 0 Å². The maximum atomic E-state index is 14.0. The number of nitrogens with zero attached hydrogens (tertiary/aromatic N) is 1. The smallest absolute Gasteiger partial charge is 0.246 e. The van der Waals surface area contributed by atoms with Crippen LogP contribution in [0, 0.1) is 25.7 Å². The van der Waals surface area contributed by atoms with Crippen LogP contribution in [0.5, 0.6) is 0 Å². The molecule has 1 aromatic carbocycles. The predicted octanol–water partition coefficient (Wildman–Crippen LogP) is 3.02. The second-order valence-electron chi connectivity index (χ2n) is 11.5. The summed E-state index contributed by atoms with van der Waals surface area (Å²) in [5.74, 6) is -2.05. The van der Waals surface area contributed by atoms with Crippen LogP contribution in [0.3, 0.4) is 0 Å². The molecule has 2 bridgehead atoms. The number of rotatable bonds is 6. The third kappa shape index (κ3) is 4.18. The van der Waals surface area contributed by atoms with E-state index in [1.54, 1.807) is 4.90 Å². The average molecular weight is 508 g/mol. The van der Waals surface area contributed by atoms with E-state index in [1.165, 1.54) is 6.42 Å². The van der Waals surface area contributed by atoms with Gasteiger partial charge in [0.2, 0.25) is 17.7 Å². The van der Waals surface area contributed by atoms with Gasteiger partial charge < -0.3 is 25.0 Å². The molecule has 3 amide bonds. The number of nitrogens with one attached hydrogen (secondary N) is 2. The van der Waals surface area contributed by atoms with E-state index in [-0.39, 0.29) is 29.9 Å². The molecule has 3 saturated heterocycles. The number of likely N-dealkylation sites (tertiary alicyclic amines) is 1. The highest BCUT2D eigenvalue weighted by Crippen LogP contribution is 2.55. The Morgan fingerprint density at radius 2 is 1.86 bits per heavy atom. The third-order valence-electron chi connectivity index (χ3n) is 9.08. The number of fused-ring (bicyclic) bond motifs is 1. The molecule has 6 rings (SSSR count). The Balaban J connectivity index is 1.29. The van der Waals surface area contributed by atoms with Crippen molar-refractivity contribution in [2.75, 3.05) is 18.5 Å². The quantitative estimate of drug-likeness (QED) is 0.577. The van der Waals surface area contributed by atoms with Crippen molar-refractivity contribution < 1.29 is 23.9 Å². The summed E-state index contributed by atoms with van der Waals surface area (Å²) in [5.41, 5.74) is 1.79. The van der Waals surface area contributed by atoms with Crippen LogP contribution in [0.4, 0.5) is 5.69 Å². The minimum atomic E-state index is -1.13. The molecular weight excluding hydrogens is 470 g/mol. The summed E-state index contributed by atoms with van der Waals surface area (Å²) in [5, 5.41) is 6.25. The summed E-state index contributed by atoms with van der Waals surface area (Å²) in [6, 6.07) is 5.09. The van der Waals surface area contributed by atoms with Crippen molar-refractivity contribution in [1.29, 1.82) is 0 Å². The number of ether oxygens (including phenoxy) is 2. The number of carbonyl (C=O) groups is 3. The molecule has 0 radical (unpaired) electrons. The molecule has 1 aromatic rings. The Bertz CT molecular complexity index is 1120. The number of benzene rings is 1. The van der Waals surface area contributed by atoms with Gasteiger partial charge in [-0.05, 0) is 62.8 Å². The molecule has 8 nitrogen and oxygen atoms in total. The third-order valence-corrected chi connectivity index (χ3v) is 9.08. The number of anilines is 1. The van der Waals surface area contributed by atoms with E-state index in [2.05, 4.69) is 10.6 Å². The van der Waals surface area contributed by atoms with Crippen molar-refractivity contribution in [3.8, 4) is 0 Å². The van der Waals surface area contributed by atoms with Gasteiger partial charge in [-0.15, -0.1) is 0 Å². The minimum Gasteiger partial charge on any atom is -0.376 e. The van der Waals surface area contributed by atoms with Crippen LogP contribution < -0.4 is 10.6 Å². The molecule has 1 saturated carbocycles. The molecule has 6 atom stereocenters. The Morgan fingerprint density at radius 3 is 2.59 bits per heavy atom. The SMILES string of the molecule is Cc1ccc(NC(=O)[C@H]2[C@H]3C=C[C@@]4(O3)[C@H]2C(=O)N(C[C@@H]2CCCO2)[C@@H]4C(=O)NC2CCCCC2)cc1C. The van der Waals surface area contributed by atoms with Crippen molar-refractivity contribution in [2.45, 2.75) is 88.7 Å². The largest absolute Gasteiger partial charge is 0.376 e. The van der Waals surface area contributed by atoms with Gasteiger partial charge in [0, 0.05) is 24.9 Å². The predicted molar refractivity (Wildman–Crippen MR) is 138 cm³/mol. The van der Waals surface area contributed by atoms with E-state index >= 15 is 0 Å². The van der Waals surface area contributed by atoms with Crippen molar-refractivity contribution >= 4 is 23.4 Å². The standard InChI is InChI=1S/C29H37N3O5/c1-17-10-11-20(15-18(17)2)31-26(33)23-22-12-13-29(37-22)24(23)28(35)32(16-21-9-6-14-36-21)25(29)27(34)30-19-7-4-3-5-8-19/h10-13,15,19,21-25H,3-9,14,16H2,1-2H3,(H,30,34)(H,31,33)/t21-,22+,23-,24+,25+,29+/m0/s1. The molecule has 4 aliphatic heterocycles. The summed E-state index contributed by atoms with van der Waals surface area (Å²) >= 11 is 0. The lowest BCUT2D eigenvalue weighted by molar-refractivity contribution is -0.143. The lowest BCUT2D eigenvalue weighted by Crippen LogP contribution is -2.57. The van der Waals surface area contributed by atoms with E-state index in [0.29, 0.717) is 18.8 Å². The molecule has 1 aliphatic carbocycles. The van der Waals surface area contributed by atoms with Crippen molar-refractivity contribution in [3.05, 3.63) is 41.5 Å². The molecule has 198 valence electrons. The van der Waals surface area contributed by atoms with Crippen LogP contribution in [-0.2, 0) is 23.9 Å². The lowest BCUT2D eigenvalue weighted by Gasteiger charge is -2.34. The summed E-state index contributed by atoms with van der Waals surface area (Å²) in [6.07, 6.45) is 10.2. The number of carbonyl (C=O) groups excluding carboxylic acids is 3. The van der Waals surface area contributed by atoms with Gasteiger partial charge in [0.15, 0.2) is 0 Å². The molecule has 5 aliphatic rings. The lowest BCUT2D eigenvalue weighted by atomic mass is 9.74. The van der Waals surface area contributed by atoms with Gasteiger partial charge in [0.1, 0.15) is 11.6 Å². The van der Waals surface area contributed by atoms with Gasteiger partial charge in [0.05, 0.1) is 24.0 Å². The van der Waals surface area contributed by atoms with Crippen LogP contribution in [-0.4, -0.2) is 65.7 Å². The minimum absolute atomic E-state index is 0.104. The molecule has 4 fully saturated rings. The zero-order chi connectivity index (χ0) is 25.7. The van der Waals surface area contributed by atoms with E-state index in [1.807, 2.05) is 44.2 Å². The Labute approximate surface area is 218 Å². The van der Waals surface area contributed by atoms with Gasteiger partial charge in [-0.1, -0.05) is 37.5 Å². The van der Waals surface area contributed by atoms with Crippen molar-refractivity contribution in [3.63, 3.8) is 0 Å². The van der Waals surface area contributed by atoms with Crippen molar-refractivity contribution in [2.24, 2.45) is 11.8 Å². The molecule has 4 heterocycles.